The van der Waals surface area contributed by atoms with E-state index in [1.54, 1.807) is 0 Å². The first-order valence-electron chi connectivity index (χ1n) is 26.4. The fourth-order valence-corrected chi connectivity index (χ4v) is 8.10. The van der Waals surface area contributed by atoms with Crippen LogP contribution in [0.5, 0.6) is 0 Å². The van der Waals surface area contributed by atoms with Crippen LogP contribution in [0.3, 0.4) is 0 Å². The molecule has 1 N–H and O–H groups in total. The zero-order chi connectivity index (χ0) is 44.0. The zero-order valence-electron chi connectivity index (χ0n) is 41.3. The second-order valence-corrected chi connectivity index (χ2v) is 18.4. The molecule has 60 heavy (non-hydrogen) atoms. The standard InChI is InChI=1S/C52H105N3O5/c1-7-11-15-19-21-29-37-49(35-27-17-13-9-3)51(56)59-45-33-25-23-31-41-55(44-48-58-47-40-53-39-43-54(5)6)42-32-24-26-34-46-60-52(57)50(36-28-18-14-10-4)38-30-22-20-16-12-8-2/h49-50,53H,7-48H2,1-6H3. The van der Waals surface area contributed by atoms with E-state index in [9.17, 15) is 9.59 Å². The molecular weight excluding hydrogens is 747 g/mol. The van der Waals surface area contributed by atoms with Gasteiger partial charge in [-0.3, -0.25) is 9.59 Å². The summed E-state index contributed by atoms with van der Waals surface area (Å²) in [6, 6.07) is 0. The first kappa shape index (κ1) is 58.8. The van der Waals surface area contributed by atoms with Gasteiger partial charge >= 0.3 is 11.9 Å². The summed E-state index contributed by atoms with van der Waals surface area (Å²) in [4.78, 5) is 30.9. The number of hydrogen-bond donors (Lipinski definition) is 1. The number of ether oxygens (including phenoxy) is 3. The van der Waals surface area contributed by atoms with Gasteiger partial charge in [0.2, 0.25) is 0 Å². The molecule has 8 nitrogen and oxygen atoms in total. The molecule has 0 rings (SSSR count). The Morgan fingerprint density at radius 2 is 0.767 bits per heavy atom. The highest BCUT2D eigenvalue weighted by atomic mass is 16.5. The number of carbonyl (C=O) groups excluding carboxylic acids is 2. The van der Waals surface area contributed by atoms with Crippen LogP contribution in [0.2, 0.25) is 0 Å². The molecule has 0 aliphatic heterocycles. The molecule has 0 spiro atoms. The quantitative estimate of drug-likeness (QED) is 0.0479. The third-order valence-electron chi connectivity index (χ3n) is 12.2. The lowest BCUT2D eigenvalue weighted by molar-refractivity contribution is -0.150. The van der Waals surface area contributed by atoms with Crippen molar-refractivity contribution in [1.29, 1.82) is 0 Å². The van der Waals surface area contributed by atoms with Crippen molar-refractivity contribution in [2.24, 2.45) is 11.8 Å². The molecule has 2 unspecified atom stereocenters. The van der Waals surface area contributed by atoms with Gasteiger partial charge < -0.3 is 29.3 Å². The average molecular weight is 852 g/mol. The van der Waals surface area contributed by atoms with Crippen molar-refractivity contribution in [3.05, 3.63) is 0 Å². The second kappa shape index (κ2) is 47.3. The van der Waals surface area contributed by atoms with E-state index in [4.69, 9.17) is 14.2 Å². The Balaban J connectivity index is 4.64. The summed E-state index contributed by atoms with van der Waals surface area (Å²) in [5.41, 5.74) is 0. The number of hydrogen-bond acceptors (Lipinski definition) is 8. The molecule has 0 aromatic heterocycles. The highest BCUT2D eigenvalue weighted by Crippen LogP contribution is 2.22. The van der Waals surface area contributed by atoms with Gasteiger partial charge in [0.15, 0.2) is 0 Å². The molecule has 2 atom stereocenters. The van der Waals surface area contributed by atoms with Gasteiger partial charge in [-0.2, -0.15) is 0 Å². The normalized spacial score (nSPS) is 12.7. The molecule has 358 valence electrons. The minimum atomic E-state index is 0.0581. The molecule has 0 saturated carbocycles. The zero-order valence-corrected chi connectivity index (χ0v) is 41.3. The fourth-order valence-electron chi connectivity index (χ4n) is 8.10. The van der Waals surface area contributed by atoms with Crippen molar-refractivity contribution in [1.82, 2.24) is 15.1 Å². The predicted molar refractivity (Wildman–Crippen MR) is 258 cm³/mol. The van der Waals surface area contributed by atoms with Gasteiger partial charge in [-0.15, -0.1) is 0 Å². The van der Waals surface area contributed by atoms with E-state index in [2.05, 4.69) is 56.9 Å². The third-order valence-corrected chi connectivity index (χ3v) is 12.2. The Hall–Kier alpha value is -1.22. The lowest BCUT2D eigenvalue weighted by atomic mass is 9.94. The van der Waals surface area contributed by atoms with Gasteiger partial charge in [0, 0.05) is 26.2 Å². The van der Waals surface area contributed by atoms with Gasteiger partial charge in [0.05, 0.1) is 38.3 Å². The maximum atomic E-state index is 13.1. The van der Waals surface area contributed by atoms with Crippen molar-refractivity contribution in [3.8, 4) is 0 Å². The molecule has 0 radical (unpaired) electrons. The highest BCUT2D eigenvalue weighted by molar-refractivity contribution is 5.72. The predicted octanol–water partition coefficient (Wildman–Crippen LogP) is 13.3. The molecule has 0 saturated heterocycles. The van der Waals surface area contributed by atoms with Crippen molar-refractivity contribution in [3.63, 3.8) is 0 Å². The van der Waals surface area contributed by atoms with E-state index in [1.165, 1.54) is 103 Å². The Labute approximate surface area is 374 Å². The molecule has 0 aliphatic carbocycles. The maximum Gasteiger partial charge on any atom is 0.308 e. The monoisotopic (exact) mass is 852 g/mol. The SMILES string of the molecule is CCCCCCCCC(CCCCCC)C(=O)OCCCCCCN(CCCCCCOC(=O)C(CCCCCC)CCCCCCCC)CCOCCNCCN(C)C. The molecule has 0 aromatic rings. The topological polar surface area (TPSA) is 80.3 Å². The summed E-state index contributed by atoms with van der Waals surface area (Å²) in [6.45, 7) is 17.7. The lowest BCUT2D eigenvalue weighted by Gasteiger charge is -2.22. The van der Waals surface area contributed by atoms with Crippen LogP contribution in [0, 0.1) is 11.8 Å². The molecule has 8 heteroatoms. The van der Waals surface area contributed by atoms with E-state index in [1.807, 2.05) is 0 Å². The number of rotatable bonds is 49. The van der Waals surface area contributed by atoms with Gasteiger partial charge in [0.1, 0.15) is 0 Å². The average Bonchev–Trinajstić information content (AvgIpc) is 3.24. The number of carbonyl (C=O) groups is 2. The lowest BCUT2D eigenvalue weighted by Crippen LogP contribution is -2.32. The highest BCUT2D eigenvalue weighted by Gasteiger charge is 2.20. The van der Waals surface area contributed by atoms with Crippen LogP contribution in [0.25, 0.3) is 0 Å². The van der Waals surface area contributed by atoms with Crippen molar-refractivity contribution in [2.75, 3.05) is 79.8 Å². The molecule has 0 fully saturated rings. The van der Waals surface area contributed by atoms with Crippen LogP contribution in [0.15, 0.2) is 0 Å². The van der Waals surface area contributed by atoms with Crippen LogP contribution < -0.4 is 5.32 Å². The van der Waals surface area contributed by atoms with Crippen LogP contribution in [-0.4, -0.2) is 102 Å². The fraction of sp³-hybridized carbons (Fsp3) is 0.962. The maximum absolute atomic E-state index is 13.1. The largest absolute Gasteiger partial charge is 0.465 e. The summed E-state index contributed by atoms with van der Waals surface area (Å²) >= 11 is 0. The summed E-state index contributed by atoms with van der Waals surface area (Å²) in [5.74, 6) is 0.292. The van der Waals surface area contributed by atoms with Crippen molar-refractivity contribution >= 4 is 11.9 Å². The number of likely N-dealkylation sites (N-methyl/N-ethyl adjacent to an activating group) is 1. The summed E-state index contributed by atoms with van der Waals surface area (Å²) in [7, 11) is 4.20. The molecule has 0 aromatic carbocycles. The molecule has 0 heterocycles. The van der Waals surface area contributed by atoms with Gasteiger partial charge in [-0.05, 0) is 78.6 Å². The number of esters is 2. The van der Waals surface area contributed by atoms with E-state index in [-0.39, 0.29) is 23.8 Å². The summed E-state index contributed by atoms with van der Waals surface area (Å²) < 4.78 is 17.8. The van der Waals surface area contributed by atoms with E-state index in [0.29, 0.717) is 13.2 Å². The molecular formula is C52H105N3O5. The number of nitrogens with zero attached hydrogens (tertiary/aromatic N) is 2. The summed E-state index contributed by atoms with van der Waals surface area (Å²) in [6.07, 6.45) is 37.7. The minimum absolute atomic E-state index is 0.0581. The van der Waals surface area contributed by atoms with E-state index >= 15 is 0 Å². The van der Waals surface area contributed by atoms with Crippen LogP contribution in [-0.2, 0) is 23.8 Å². The van der Waals surface area contributed by atoms with Crippen molar-refractivity contribution < 1.29 is 23.8 Å². The minimum Gasteiger partial charge on any atom is -0.465 e. The molecule has 0 amide bonds. The second-order valence-electron chi connectivity index (χ2n) is 18.4. The summed E-state index contributed by atoms with van der Waals surface area (Å²) in [5, 5.41) is 3.47. The first-order chi connectivity index (χ1) is 29.4. The Bertz CT molecular complexity index is 832. The van der Waals surface area contributed by atoms with E-state index < -0.39 is 0 Å². The van der Waals surface area contributed by atoms with Gasteiger partial charge in [0.25, 0.3) is 0 Å². The number of unbranched alkanes of at least 4 members (excludes halogenated alkanes) is 22. The number of nitrogens with one attached hydrogen (secondary N) is 1. The first-order valence-corrected chi connectivity index (χ1v) is 26.4. The molecule has 0 aliphatic rings. The van der Waals surface area contributed by atoms with E-state index in [0.717, 1.165) is 155 Å². The van der Waals surface area contributed by atoms with Crippen LogP contribution >= 0.6 is 0 Å². The van der Waals surface area contributed by atoms with Gasteiger partial charge in [-0.25, -0.2) is 0 Å². The Morgan fingerprint density at radius 1 is 0.400 bits per heavy atom. The smallest absolute Gasteiger partial charge is 0.308 e. The Kier molecular flexibility index (Phi) is 46.3. The van der Waals surface area contributed by atoms with Crippen LogP contribution in [0.4, 0.5) is 0 Å². The van der Waals surface area contributed by atoms with Crippen LogP contribution in [0.1, 0.15) is 233 Å². The van der Waals surface area contributed by atoms with Crippen molar-refractivity contribution in [2.45, 2.75) is 233 Å². The van der Waals surface area contributed by atoms with Gasteiger partial charge in [-0.1, -0.05) is 182 Å². The molecule has 0 bridgehead atoms. The Morgan fingerprint density at radius 3 is 1.18 bits per heavy atom. The third kappa shape index (κ3) is 40.8.